The number of amides is 1. The van der Waals surface area contributed by atoms with Crippen molar-refractivity contribution in [1.29, 1.82) is 0 Å². The number of aliphatic carboxylic acids is 2. The molecule has 6 N–H and O–H groups in total. The number of nitrogens with one attached hydrogen (secondary N) is 4. The van der Waals surface area contributed by atoms with Gasteiger partial charge in [0.2, 0.25) is 10.0 Å². The minimum Gasteiger partial charge on any atom is -0.480 e. The maximum absolute atomic E-state index is 12.7. The van der Waals surface area contributed by atoms with Crippen molar-refractivity contribution in [2.75, 3.05) is 26.2 Å². The SMILES string of the molecule is O=C(NC[C@H](NS(=O)(=O)c1ccccc1)C(=O)O)c1ccc2c(cnn2CCCNC2=NCCN2)c1.O=C(O)C(F)(F)F. The topological polar surface area (TPSA) is 204 Å². The van der Waals surface area contributed by atoms with Gasteiger partial charge in [-0.15, -0.1) is 0 Å². The zero-order chi connectivity index (χ0) is 31.6. The number of sulfonamides is 1. The molecular weight excluding hydrogens is 599 g/mol. The number of carbonyl (C=O) groups excluding carboxylic acids is 1. The molecule has 4 rings (SSSR count). The van der Waals surface area contributed by atoms with Crippen molar-refractivity contribution in [2.45, 2.75) is 30.1 Å². The van der Waals surface area contributed by atoms with Gasteiger partial charge in [0.25, 0.3) is 5.91 Å². The van der Waals surface area contributed by atoms with Gasteiger partial charge in [0.1, 0.15) is 6.04 Å². The summed E-state index contributed by atoms with van der Waals surface area (Å²) in [5.74, 6) is -3.87. The quantitative estimate of drug-likeness (QED) is 0.165. The predicted molar refractivity (Wildman–Crippen MR) is 147 cm³/mol. The largest absolute Gasteiger partial charge is 0.490 e. The zero-order valence-corrected chi connectivity index (χ0v) is 23.2. The molecule has 0 spiro atoms. The first kappa shape index (κ1) is 32.8. The van der Waals surface area contributed by atoms with Crippen LogP contribution < -0.4 is 20.7 Å². The molecule has 1 aromatic heterocycles. The van der Waals surface area contributed by atoms with E-state index in [0.717, 1.165) is 42.9 Å². The summed E-state index contributed by atoms with van der Waals surface area (Å²) < 4.78 is 60.6. The Morgan fingerprint density at radius 2 is 1.79 bits per heavy atom. The van der Waals surface area contributed by atoms with Crippen LogP contribution in [0.2, 0.25) is 0 Å². The summed E-state index contributed by atoms with van der Waals surface area (Å²) in [5.41, 5.74) is 1.17. The summed E-state index contributed by atoms with van der Waals surface area (Å²) in [7, 11) is -4.07. The van der Waals surface area contributed by atoms with Crippen molar-refractivity contribution >= 4 is 44.7 Å². The highest BCUT2D eigenvalue weighted by Gasteiger charge is 2.38. The fourth-order valence-corrected chi connectivity index (χ4v) is 4.90. The maximum Gasteiger partial charge on any atom is 0.490 e. The normalized spacial score (nSPS) is 13.7. The van der Waals surface area contributed by atoms with E-state index in [0.29, 0.717) is 12.1 Å². The number of carbonyl (C=O) groups is 3. The second-order valence-electron chi connectivity index (χ2n) is 8.92. The van der Waals surface area contributed by atoms with E-state index in [4.69, 9.17) is 9.90 Å². The predicted octanol–water partition coefficient (Wildman–Crippen LogP) is 0.770. The molecule has 0 radical (unpaired) electrons. The number of benzene rings is 2. The van der Waals surface area contributed by atoms with E-state index in [2.05, 4.69) is 30.8 Å². The molecule has 3 aromatic rings. The Morgan fingerprint density at radius 1 is 1.09 bits per heavy atom. The highest BCUT2D eigenvalue weighted by Crippen LogP contribution is 2.17. The molecule has 18 heteroatoms. The fourth-order valence-electron chi connectivity index (χ4n) is 3.69. The van der Waals surface area contributed by atoms with Crippen LogP contribution in [0.5, 0.6) is 0 Å². The van der Waals surface area contributed by atoms with Crippen LogP contribution in [0.15, 0.2) is 64.6 Å². The molecule has 0 fully saturated rings. The molecule has 0 aliphatic carbocycles. The maximum atomic E-state index is 12.7. The van der Waals surface area contributed by atoms with Crippen molar-refractivity contribution in [3.8, 4) is 0 Å². The number of nitrogens with zero attached hydrogens (tertiary/aromatic N) is 3. The van der Waals surface area contributed by atoms with Gasteiger partial charge in [0.15, 0.2) is 5.96 Å². The summed E-state index contributed by atoms with van der Waals surface area (Å²) in [6.45, 7) is 2.62. The lowest BCUT2D eigenvalue weighted by Crippen LogP contribution is -2.48. The molecule has 43 heavy (non-hydrogen) atoms. The third-order valence-corrected chi connectivity index (χ3v) is 7.26. The minimum atomic E-state index is -5.08. The molecule has 0 unspecified atom stereocenters. The lowest BCUT2D eigenvalue weighted by atomic mass is 10.1. The van der Waals surface area contributed by atoms with Gasteiger partial charge in [-0.05, 0) is 36.8 Å². The van der Waals surface area contributed by atoms with Crippen LogP contribution >= 0.6 is 0 Å². The van der Waals surface area contributed by atoms with E-state index in [1.807, 2.05) is 4.68 Å². The number of rotatable bonds is 11. The molecule has 0 saturated carbocycles. The molecule has 2 heterocycles. The molecule has 0 bridgehead atoms. The van der Waals surface area contributed by atoms with Gasteiger partial charge in [0.05, 0.1) is 23.2 Å². The number of hydrogen-bond donors (Lipinski definition) is 6. The number of aliphatic imine (C=N–C) groups is 1. The fraction of sp³-hybridized carbons (Fsp3) is 0.320. The van der Waals surface area contributed by atoms with E-state index >= 15 is 0 Å². The second kappa shape index (κ2) is 14.5. The van der Waals surface area contributed by atoms with Gasteiger partial charge in [-0.25, -0.2) is 13.2 Å². The number of carboxylic acids is 2. The standard InChI is InChI=1S/C23H27N7O5S.C2HF3O2/c31-21(27-15-19(22(32)33)29-36(34,35)18-5-2-1-3-6-18)16-7-8-20-17(13-16)14-28-30(20)12-4-9-24-23-25-10-11-26-23;3-2(4,5)1(6)7/h1-3,5-8,13-14,19,29H,4,9-12,15H2,(H,27,31)(H,32,33)(H2,24,25,26);(H,6,7)/t19-;/m0./s1. The molecule has 1 atom stereocenters. The Labute approximate surface area is 243 Å². The van der Waals surface area contributed by atoms with E-state index in [1.54, 1.807) is 30.5 Å². The van der Waals surface area contributed by atoms with Crippen molar-refractivity contribution in [3.63, 3.8) is 0 Å². The third-order valence-electron chi connectivity index (χ3n) is 5.78. The average Bonchev–Trinajstić information content (AvgIpc) is 3.63. The van der Waals surface area contributed by atoms with Crippen LogP contribution in [0.1, 0.15) is 16.8 Å². The summed E-state index contributed by atoms with van der Waals surface area (Å²) in [4.78, 5) is 37.4. The number of alkyl halides is 3. The number of guanidine groups is 1. The molecule has 14 nitrogen and oxygen atoms in total. The Bertz CT molecular complexity index is 1580. The van der Waals surface area contributed by atoms with Gasteiger partial charge >= 0.3 is 18.1 Å². The van der Waals surface area contributed by atoms with Crippen LogP contribution in [0, 0.1) is 0 Å². The first-order chi connectivity index (χ1) is 20.3. The molecule has 0 saturated heterocycles. The highest BCUT2D eigenvalue weighted by molar-refractivity contribution is 7.89. The number of hydrogen-bond acceptors (Lipinski definition) is 9. The van der Waals surface area contributed by atoms with Crippen LogP contribution in [-0.4, -0.2) is 90.6 Å². The molecule has 1 aliphatic heterocycles. The minimum absolute atomic E-state index is 0.0650. The lowest BCUT2D eigenvalue weighted by molar-refractivity contribution is -0.192. The van der Waals surface area contributed by atoms with Crippen molar-refractivity contribution in [3.05, 3.63) is 60.3 Å². The number of carboxylic acid groups (broad SMARTS) is 2. The van der Waals surface area contributed by atoms with Gasteiger partial charge in [-0.2, -0.15) is 23.0 Å². The molecule has 1 aliphatic rings. The van der Waals surface area contributed by atoms with E-state index < -0.39 is 46.6 Å². The number of aryl methyl sites for hydroxylation is 1. The Balaban J connectivity index is 0.000000646. The third kappa shape index (κ3) is 9.67. The zero-order valence-electron chi connectivity index (χ0n) is 22.3. The van der Waals surface area contributed by atoms with Gasteiger partial charge in [-0.3, -0.25) is 19.3 Å². The Morgan fingerprint density at radius 3 is 2.40 bits per heavy atom. The van der Waals surface area contributed by atoms with Crippen LogP contribution in [-0.2, 0) is 26.2 Å². The Kier molecular flexibility index (Phi) is 11.0. The molecule has 2 aromatic carbocycles. The monoisotopic (exact) mass is 627 g/mol. The molecule has 232 valence electrons. The molecular formula is C25H28F3N7O7S. The van der Waals surface area contributed by atoms with Crippen molar-refractivity contribution in [1.82, 2.24) is 30.5 Å². The number of halogens is 3. The van der Waals surface area contributed by atoms with E-state index in [-0.39, 0.29) is 4.90 Å². The first-order valence-electron chi connectivity index (χ1n) is 12.6. The van der Waals surface area contributed by atoms with Crippen LogP contribution in [0.25, 0.3) is 10.9 Å². The summed E-state index contributed by atoms with van der Waals surface area (Å²) in [6.07, 6.45) is -2.59. The van der Waals surface area contributed by atoms with Crippen molar-refractivity contribution < 1.29 is 46.2 Å². The highest BCUT2D eigenvalue weighted by atomic mass is 32.2. The van der Waals surface area contributed by atoms with E-state index in [9.17, 15) is 36.3 Å². The van der Waals surface area contributed by atoms with Crippen LogP contribution in [0.4, 0.5) is 13.2 Å². The van der Waals surface area contributed by atoms with Crippen LogP contribution in [0.3, 0.4) is 0 Å². The summed E-state index contributed by atoms with van der Waals surface area (Å²) in [6, 6.07) is 10.9. The summed E-state index contributed by atoms with van der Waals surface area (Å²) in [5, 5.41) is 30.6. The second-order valence-corrected chi connectivity index (χ2v) is 10.6. The van der Waals surface area contributed by atoms with Gasteiger partial charge in [0, 0.05) is 37.1 Å². The van der Waals surface area contributed by atoms with Gasteiger partial charge in [-0.1, -0.05) is 18.2 Å². The Hall–Kier alpha value is -4.71. The summed E-state index contributed by atoms with van der Waals surface area (Å²) >= 11 is 0. The van der Waals surface area contributed by atoms with E-state index in [1.165, 1.54) is 24.3 Å². The number of fused-ring (bicyclic) bond motifs is 1. The lowest BCUT2D eigenvalue weighted by Gasteiger charge is -2.15. The van der Waals surface area contributed by atoms with Gasteiger partial charge < -0.3 is 26.2 Å². The molecule has 1 amide bonds. The van der Waals surface area contributed by atoms with Crippen molar-refractivity contribution in [2.24, 2.45) is 4.99 Å². The average molecular weight is 628 g/mol. The number of aromatic nitrogens is 2. The smallest absolute Gasteiger partial charge is 0.480 e. The first-order valence-corrected chi connectivity index (χ1v) is 14.1.